The Balaban J connectivity index is 1.69. The first-order valence-electron chi connectivity index (χ1n) is 7.49. The maximum Gasteiger partial charge on any atom is 0.215 e. The molecule has 1 heterocycles. The lowest BCUT2D eigenvalue weighted by atomic mass is 10.1. The van der Waals surface area contributed by atoms with Gasteiger partial charge in [0.25, 0.3) is 0 Å². The Kier molecular flexibility index (Phi) is 6.14. The zero-order valence-corrected chi connectivity index (χ0v) is 13.0. The molecule has 2 rings (SSSR count). The maximum absolute atomic E-state index is 12.8. The monoisotopic (exact) mass is 314 g/mol. The SMILES string of the molecule is O=S(=O)(Cc1ccc(F)cc1)NCCCN1CCCCC1. The van der Waals surface area contributed by atoms with Crippen LogP contribution >= 0.6 is 0 Å². The molecule has 0 atom stereocenters. The van der Waals surface area contributed by atoms with E-state index in [9.17, 15) is 12.8 Å². The average Bonchev–Trinajstić information content (AvgIpc) is 2.47. The van der Waals surface area contributed by atoms with Gasteiger partial charge in [0.15, 0.2) is 0 Å². The number of nitrogens with zero attached hydrogens (tertiary/aromatic N) is 1. The molecular weight excluding hydrogens is 291 g/mol. The number of piperidine rings is 1. The van der Waals surface area contributed by atoms with E-state index in [1.54, 1.807) is 0 Å². The average molecular weight is 314 g/mol. The molecule has 1 N–H and O–H groups in total. The van der Waals surface area contributed by atoms with E-state index in [1.807, 2.05) is 0 Å². The fourth-order valence-electron chi connectivity index (χ4n) is 2.56. The van der Waals surface area contributed by atoms with E-state index >= 15 is 0 Å². The first-order valence-corrected chi connectivity index (χ1v) is 9.14. The molecule has 118 valence electrons. The Morgan fingerprint density at radius 1 is 1.10 bits per heavy atom. The predicted molar refractivity (Wildman–Crippen MR) is 81.9 cm³/mol. The van der Waals surface area contributed by atoms with Gasteiger partial charge in [0, 0.05) is 6.54 Å². The molecular formula is C15H23FN2O2S. The highest BCUT2D eigenvalue weighted by Crippen LogP contribution is 2.09. The van der Waals surface area contributed by atoms with Crippen LogP contribution in [-0.2, 0) is 15.8 Å². The van der Waals surface area contributed by atoms with E-state index < -0.39 is 10.0 Å². The van der Waals surface area contributed by atoms with Crippen LogP contribution < -0.4 is 4.72 Å². The largest absolute Gasteiger partial charge is 0.303 e. The lowest BCUT2D eigenvalue weighted by molar-refractivity contribution is 0.227. The molecule has 4 nitrogen and oxygen atoms in total. The van der Waals surface area contributed by atoms with Gasteiger partial charge in [-0.25, -0.2) is 17.5 Å². The molecule has 0 amide bonds. The zero-order chi connectivity index (χ0) is 15.1. The Morgan fingerprint density at radius 3 is 2.43 bits per heavy atom. The molecule has 0 bridgehead atoms. The van der Waals surface area contributed by atoms with E-state index in [4.69, 9.17) is 0 Å². The third kappa shape index (κ3) is 6.11. The van der Waals surface area contributed by atoms with E-state index in [0.29, 0.717) is 12.1 Å². The van der Waals surface area contributed by atoms with Gasteiger partial charge in [0.05, 0.1) is 5.75 Å². The number of nitrogens with one attached hydrogen (secondary N) is 1. The van der Waals surface area contributed by atoms with Gasteiger partial charge in [-0.05, 0) is 56.6 Å². The molecule has 0 aromatic heterocycles. The molecule has 1 saturated heterocycles. The molecule has 0 unspecified atom stereocenters. The fourth-order valence-corrected chi connectivity index (χ4v) is 3.75. The second-order valence-electron chi connectivity index (χ2n) is 5.54. The lowest BCUT2D eigenvalue weighted by Gasteiger charge is -2.26. The van der Waals surface area contributed by atoms with Crippen molar-refractivity contribution in [3.8, 4) is 0 Å². The van der Waals surface area contributed by atoms with Crippen molar-refractivity contribution in [1.82, 2.24) is 9.62 Å². The van der Waals surface area contributed by atoms with Crippen molar-refractivity contribution in [3.63, 3.8) is 0 Å². The Hall–Kier alpha value is -0.980. The third-order valence-electron chi connectivity index (χ3n) is 3.69. The summed E-state index contributed by atoms with van der Waals surface area (Å²) in [7, 11) is -3.34. The minimum atomic E-state index is -3.34. The molecule has 0 saturated carbocycles. The summed E-state index contributed by atoms with van der Waals surface area (Å²) in [5, 5.41) is 0. The van der Waals surface area contributed by atoms with Crippen LogP contribution in [0.15, 0.2) is 24.3 Å². The van der Waals surface area contributed by atoms with Crippen LogP contribution in [0.3, 0.4) is 0 Å². The van der Waals surface area contributed by atoms with E-state index in [0.717, 1.165) is 26.1 Å². The summed E-state index contributed by atoms with van der Waals surface area (Å²) in [6, 6.07) is 5.56. The van der Waals surface area contributed by atoms with Crippen LogP contribution in [0.4, 0.5) is 4.39 Å². The molecule has 1 aromatic carbocycles. The van der Waals surface area contributed by atoms with E-state index in [-0.39, 0.29) is 11.6 Å². The van der Waals surface area contributed by atoms with Crippen molar-refractivity contribution in [2.45, 2.75) is 31.4 Å². The molecule has 0 radical (unpaired) electrons. The first kappa shape index (κ1) is 16.4. The Bertz CT molecular complexity index is 525. The number of hydrogen-bond donors (Lipinski definition) is 1. The van der Waals surface area contributed by atoms with Gasteiger partial charge >= 0.3 is 0 Å². The molecule has 1 aliphatic heterocycles. The minimum Gasteiger partial charge on any atom is -0.303 e. The van der Waals surface area contributed by atoms with Gasteiger partial charge in [-0.15, -0.1) is 0 Å². The summed E-state index contributed by atoms with van der Waals surface area (Å²) in [6.45, 7) is 3.66. The minimum absolute atomic E-state index is 0.100. The van der Waals surface area contributed by atoms with E-state index in [2.05, 4.69) is 9.62 Å². The van der Waals surface area contributed by atoms with Gasteiger partial charge in [0.1, 0.15) is 5.82 Å². The Morgan fingerprint density at radius 2 is 1.76 bits per heavy atom. The number of sulfonamides is 1. The molecule has 1 aliphatic rings. The van der Waals surface area contributed by atoms with Crippen molar-refractivity contribution in [1.29, 1.82) is 0 Å². The number of benzene rings is 1. The van der Waals surface area contributed by atoms with Crippen LogP contribution in [0.1, 0.15) is 31.2 Å². The lowest BCUT2D eigenvalue weighted by Crippen LogP contribution is -2.33. The standard InChI is InChI=1S/C15H23FN2O2S/c16-15-7-5-14(6-8-15)13-21(19,20)17-9-4-12-18-10-2-1-3-11-18/h5-8,17H,1-4,9-13H2. The first-order chi connectivity index (χ1) is 10.1. The Labute approximate surface area is 126 Å². The number of likely N-dealkylation sites (tertiary alicyclic amines) is 1. The van der Waals surface area contributed by atoms with Gasteiger partial charge in [0.2, 0.25) is 10.0 Å². The summed E-state index contributed by atoms with van der Waals surface area (Å²) in [4.78, 5) is 2.39. The zero-order valence-electron chi connectivity index (χ0n) is 12.2. The highest BCUT2D eigenvalue weighted by Gasteiger charge is 2.12. The predicted octanol–water partition coefficient (Wildman–Crippen LogP) is 2.12. The van der Waals surface area contributed by atoms with Crippen molar-refractivity contribution in [2.24, 2.45) is 0 Å². The number of halogens is 1. The molecule has 21 heavy (non-hydrogen) atoms. The molecule has 1 fully saturated rings. The smallest absolute Gasteiger partial charge is 0.215 e. The third-order valence-corrected chi connectivity index (χ3v) is 5.05. The van der Waals surface area contributed by atoms with Crippen LogP contribution in [0.2, 0.25) is 0 Å². The second kappa shape index (κ2) is 7.87. The van der Waals surface area contributed by atoms with Gasteiger partial charge in [-0.2, -0.15) is 0 Å². The highest BCUT2D eigenvalue weighted by atomic mass is 32.2. The second-order valence-corrected chi connectivity index (χ2v) is 7.34. The topological polar surface area (TPSA) is 49.4 Å². The normalized spacial score (nSPS) is 17.0. The van der Waals surface area contributed by atoms with Gasteiger partial charge in [-0.3, -0.25) is 0 Å². The number of rotatable bonds is 7. The van der Waals surface area contributed by atoms with E-state index in [1.165, 1.54) is 43.5 Å². The molecule has 1 aromatic rings. The van der Waals surface area contributed by atoms with Crippen LogP contribution in [0, 0.1) is 5.82 Å². The van der Waals surface area contributed by atoms with Gasteiger partial charge in [-0.1, -0.05) is 18.6 Å². The van der Waals surface area contributed by atoms with Crippen molar-refractivity contribution in [3.05, 3.63) is 35.6 Å². The van der Waals surface area contributed by atoms with Crippen LogP contribution in [-0.4, -0.2) is 39.5 Å². The summed E-state index contributed by atoms with van der Waals surface area (Å²) < 4.78 is 39.2. The van der Waals surface area contributed by atoms with Crippen molar-refractivity contribution >= 4 is 10.0 Å². The maximum atomic E-state index is 12.8. The fraction of sp³-hybridized carbons (Fsp3) is 0.600. The summed E-state index contributed by atoms with van der Waals surface area (Å²) in [6.07, 6.45) is 4.62. The quantitative estimate of drug-likeness (QED) is 0.784. The van der Waals surface area contributed by atoms with Crippen molar-refractivity contribution < 1.29 is 12.8 Å². The molecule has 6 heteroatoms. The van der Waals surface area contributed by atoms with Crippen LogP contribution in [0.5, 0.6) is 0 Å². The number of hydrogen-bond acceptors (Lipinski definition) is 3. The van der Waals surface area contributed by atoms with Crippen molar-refractivity contribution in [2.75, 3.05) is 26.2 Å². The van der Waals surface area contributed by atoms with Crippen LogP contribution in [0.25, 0.3) is 0 Å². The van der Waals surface area contributed by atoms with Gasteiger partial charge < -0.3 is 4.90 Å². The molecule has 0 aliphatic carbocycles. The molecule has 0 spiro atoms. The highest BCUT2D eigenvalue weighted by molar-refractivity contribution is 7.88. The summed E-state index contributed by atoms with van der Waals surface area (Å²) in [5.41, 5.74) is 0.597. The summed E-state index contributed by atoms with van der Waals surface area (Å²) >= 11 is 0. The summed E-state index contributed by atoms with van der Waals surface area (Å²) in [5.74, 6) is -0.456.